The van der Waals surface area contributed by atoms with Gasteiger partial charge >= 0.3 is 5.97 Å². The molecule has 1 aliphatic rings. The predicted molar refractivity (Wildman–Crippen MR) is 127 cm³/mol. The maximum absolute atomic E-state index is 12.6. The Morgan fingerprint density at radius 1 is 1.15 bits per heavy atom. The number of esters is 1. The van der Waals surface area contributed by atoms with Gasteiger partial charge in [-0.15, -0.1) is 0 Å². The Bertz CT molecular complexity index is 1310. The van der Waals surface area contributed by atoms with E-state index in [9.17, 15) is 9.90 Å². The maximum Gasteiger partial charge on any atom is 0.343 e. The Balaban J connectivity index is 1.59. The second-order valence-corrected chi connectivity index (χ2v) is 8.46. The molecule has 0 unspecified atom stereocenters. The number of carbonyl (C=O) groups is 1. The number of aliphatic hydroxyl groups excluding tert-OH is 1. The fourth-order valence-corrected chi connectivity index (χ4v) is 4.77. The van der Waals surface area contributed by atoms with Crippen molar-refractivity contribution in [1.82, 2.24) is 14.5 Å². The fraction of sp³-hybridized carbons (Fsp3) is 0.269. The summed E-state index contributed by atoms with van der Waals surface area (Å²) in [6.07, 6.45) is 4.09. The number of anilines is 1. The second-order valence-electron chi connectivity index (χ2n) is 8.46. The zero-order valence-corrected chi connectivity index (χ0v) is 18.4. The highest BCUT2D eigenvalue weighted by molar-refractivity contribution is 6.02. The molecule has 4 aromatic rings. The molecular weight excluding hydrogens is 416 g/mol. The average molecular weight is 443 g/mol. The lowest BCUT2D eigenvalue weighted by atomic mass is 9.80. The number of nitrogen functional groups attached to an aromatic ring is 1. The highest BCUT2D eigenvalue weighted by Crippen LogP contribution is 2.45. The molecule has 168 valence electrons. The molecule has 2 aromatic heterocycles. The van der Waals surface area contributed by atoms with Crippen molar-refractivity contribution in [2.75, 3.05) is 12.3 Å². The van der Waals surface area contributed by atoms with Crippen LogP contribution in [0.5, 0.6) is 5.75 Å². The quantitative estimate of drug-likeness (QED) is 0.339. The molecule has 0 atom stereocenters. The van der Waals surface area contributed by atoms with E-state index in [2.05, 4.69) is 21.5 Å². The molecular formula is C26H26N4O3. The Hall–Kier alpha value is -3.71. The topological polar surface area (TPSA) is 103 Å². The molecule has 0 bridgehead atoms. The molecule has 0 amide bonds. The summed E-state index contributed by atoms with van der Waals surface area (Å²) >= 11 is 0. The summed E-state index contributed by atoms with van der Waals surface area (Å²) in [5, 5.41) is 10.3. The number of benzene rings is 2. The van der Waals surface area contributed by atoms with Crippen LogP contribution in [0, 0.1) is 5.92 Å². The van der Waals surface area contributed by atoms with Crippen molar-refractivity contribution in [1.29, 1.82) is 0 Å². The standard InChI is InChI=1S/C26H26N4O3/c1-2-21-22(18-9-6-10-20(13-18)33-26(32)17-7-4-3-5-8-17)23-24(27)28-15-29-25(23)30(21)19-11-16(12-19)14-31/h3-10,13,15-16,19,31H,2,11-12,14H2,1H3,(H2,27,28,29). The van der Waals surface area contributed by atoms with Crippen LogP contribution in [0.15, 0.2) is 60.9 Å². The van der Waals surface area contributed by atoms with Gasteiger partial charge in [0.15, 0.2) is 0 Å². The molecule has 7 heteroatoms. The van der Waals surface area contributed by atoms with Crippen molar-refractivity contribution in [3.05, 3.63) is 72.2 Å². The molecule has 1 aliphatic carbocycles. The summed E-state index contributed by atoms with van der Waals surface area (Å²) in [6, 6.07) is 16.7. The van der Waals surface area contributed by atoms with Gasteiger partial charge in [-0.05, 0) is 55.0 Å². The summed E-state index contributed by atoms with van der Waals surface area (Å²) in [6.45, 7) is 2.31. The molecule has 0 spiro atoms. The molecule has 0 radical (unpaired) electrons. The highest BCUT2D eigenvalue weighted by Gasteiger charge is 2.34. The molecule has 5 rings (SSSR count). The van der Waals surface area contributed by atoms with Gasteiger partial charge in [0.2, 0.25) is 0 Å². The van der Waals surface area contributed by atoms with Crippen molar-refractivity contribution in [3.8, 4) is 16.9 Å². The van der Waals surface area contributed by atoms with E-state index in [0.717, 1.165) is 47.1 Å². The first kappa shape index (κ1) is 21.2. The van der Waals surface area contributed by atoms with E-state index in [1.54, 1.807) is 30.3 Å². The summed E-state index contributed by atoms with van der Waals surface area (Å²) in [4.78, 5) is 21.4. The van der Waals surface area contributed by atoms with Crippen molar-refractivity contribution in [2.45, 2.75) is 32.2 Å². The van der Waals surface area contributed by atoms with Gasteiger partial charge in [0, 0.05) is 23.9 Å². The van der Waals surface area contributed by atoms with Gasteiger partial charge in [-0.1, -0.05) is 37.3 Å². The van der Waals surface area contributed by atoms with Gasteiger partial charge in [0.1, 0.15) is 23.5 Å². The first-order valence-electron chi connectivity index (χ1n) is 11.2. The maximum atomic E-state index is 12.6. The molecule has 2 heterocycles. The minimum Gasteiger partial charge on any atom is -0.423 e. The lowest BCUT2D eigenvalue weighted by Gasteiger charge is -2.36. The molecule has 0 saturated heterocycles. The largest absolute Gasteiger partial charge is 0.423 e. The van der Waals surface area contributed by atoms with Gasteiger partial charge in [-0.2, -0.15) is 0 Å². The van der Waals surface area contributed by atoms with Crippen LogP contribution in [0.3, 0.4) is 0 Å². The van der Waals surface area contributed by atoms with E-state index in [1.165, 1.54) is 6.33 Å². The number of aliphatic hydroxyl groups is 1. The first-order chi connectivity index (χ1) is 16.1. The van der Waals surface area contributed by atoms with Crippen LogP contribution in [0.1, 0.15) is 41.9 Å². The number of hydrogen-bond acceptors (Lipinski definition) is 6. The zero-order chi connectivity index (χ0) is 22.9. The van der Waals surface area contributed by atoms with Crippen molar-refractivity contribution >= 4 is 22.8 Å². The van der Waals surface area contributed by atoms with Gasteiger partial charge in [0.25, 0.3) is 0 Å². The Labute approximate surface area is 191 Å². The van der Waals surface area contributed by atoms with Crippen LogP contribution >= 0.6 is 0 Å². The van der Waals surface area contributed by atoms with E-state index in [0.29, 0.717) is 23.0 Å². The summed E-state index contributed by atoms with van der Waals surface area (Å²) in [5.74, 6) is 0.802. The summed E-state index contributed by atoms with van der Waals surface area (Å²) < 4.78 is 7.92. The van der Waals surface area contributed by atoms with E-state index in [-0.39, 0.29) is 12.6 Å². The third-order valence-corrected chi connectivity index (χ3v) is 6.43. The predicted octanol–water partition coefficient (Wildman–Crippen LogP) is 4.41. The van der Waals surface area contributed by atoms with Crippen LogP contribution in [-0.4, -0.2) is 32.2 Å². The lowest BCUT2D eigenvalue weighted by Crippen LogP contribution is -2.30. The molecule has 1 fully saturated rings. The number of fused-ring (bicyclic) bond motifs is 1. The van der Waals surface area contributed by atoms with Gasteiger partial charge in [-0.3, -0.25) is 0 Å². The average Bonchev–Trinajstić information content (AvgIpc) is 3.14. The highest BCUT2D eigenvalue weighted by atomic mass is 16.5. The summed E-state index contributed by atoms with van der Waals surface area (Å²) in [5.41, 5.74) is 10.6. The smallest absolute Gasteiger partial charge is 0.343 e. The van der Waals surface area contributed by atoms with Crippen LogP contribution in [0.25, 0.3) is 22.2 Å². The van der Waals surface area contributed by atoms with Crippen molar-refractivity contribution < 1.29 is 14.6 Å². The Morgan fingerprint density at radius 3 is 2.67 bits per heavy atom. The van der Waals surface area contributed by atoms with Gasteiger partial charge in [-0.25, -0.2) is 14.8 Å². The van der Waals surface area contributed by atoms with Crippen LogP contribution in [0.4, 0.5) is 5.82 Å². The number of rotatable bonds is 6. The Kier molecular flexibility index (Phi) is 5.56. The van der Waals surface area contributed by atoms with Crippen molar-refractivity contribution in [2.24, 2.45) is 5.92 Å². The minimum atomic E-state index is -0.404. The number of nitrogens with two attached hydrogens (primary N) is 1. The summed E-state index contributed by atoms with van der Waals surface area (Å²) in [7, 11) is 0. The lowest BCUT2D eigenvalue weighted by molar-refractivity contribution is 0.0735. The first-order valence-corrected chi connectivity index (χ1v) is 11.2. The number of hydrogen-bond donors (Lipinski definition) is 2. The van der Waals surface area contributed by atoms with Gasteiger partial charge < -0.3 is 20.1 Å². The Morgan fingerprint density at radius 2 is 1.94 bits per heavy atom. The van der Waals surface area contributed by atoms with E-state index in [1.807, 2.05) is 24.3 Å². The molecule has 1 saturated carbocycles. The third kappa shape index (κ3) is 3.74. The molecule has 3 N–H and O–H groups in total. The number of aromatic nitrogens is 3. The SMILES string of the molecule is CCc1c(-c2cccc(OC(=O)c3ccccc3)c2)c2c(N)ncnc2n1C1CC(CO)C1. The van der Waals surface area contributed by atoms with Crippen molar-refractivity contribution in [3.63, 3.8) is 0 Å². The fourth-order valence-electron chi connectivity index (χ4n) is 4.77. The minimum absolute atomic E-state index is 0.204. The number of carbonyl (C=O) groups excluding carboxylic acids is 1. The number of nitrogens with zero attached hydrogens (tertiary/aromatic N) is 3. The second kappa shape index (κ2) is 8.67. The van der Waals surface area contributed by atoms with E-state index >= 15 is 0 Å². The van der Waals surface area contributed by atoms with Crippen LogP contribution in [0.2, 0.25) is 0 Å². The molecule has 2 aromatic carbocycles. The van der Waals surface area contributed by atoms with Gasteiger partial charge in [0.05, 0.1) is 10.9 Å². The third-order valence-electron chi connectivity index (χ3n) is 6.43. The molecule has 0 aliphatic heterocycles. The number of ether oxygens (including phenoxy) is 1. The zero-order valence-electron chi connectivity index (χ0n) is 18.4. The van der Waals surface area contributed by atoms with E-state index in [4.69, 9.17) is 10.5 Å². The van der Waals surface area contributed by atoms with Crippen LogP contribution < -0.4 is 10.5 Å². The van der Waals surface area contributed by atoms with E-state index < -0.39 is 5.97 Å². The molecule has 7 nitrogen and oxygen atoms in total. The normalized spacial score (nSPS) is 17.6. The monoisotopic (exact) mass is 442 g/mol. The van der Waals surface area contributed by atoms with Crippen LogP contribution in [-0.2, 0) is 6.42 Å². The molecule has 33 heavy (non-hydrogen) atoms.